The zero-order chi connectivity index (χ0) is 15.8. The number of aromatic nitrogens is 3. The van der Waals surface area contributed by atoms with Crippen molar-refractivity contribution in [3.63, 3.8) is 0 Å². The van der Waals surface area contributed by atoms with Gasteiger partial charge in [-0.1, -0.05) is 23.8 Å². The molecule has 0 radical (unpaired) electrons. The van der Waals surface area contributed by atoms with Gasteiger partial charge in [-0.2, -0.15) is 0 Å². The zero-order valence-corrected chi connectivity index (χ0v) is 13.2. The molecule has 0 aliphatic heterocycles. The fraction of sp³-hybridized carbons (Fsp3) is 0.100. The van der Waals surface area contributed by atoms with Crippen LogP contribution in [0.5, 0.6) is 0 Å². The average Bonchev–Trinajstić information content (AvgIpc) is 2.89. The van der Waals surface area contributed by atoms with Crippen molar-refractivity contribution in [1.82, 2.24) is 14.4 Å². The number of pyridine rings is 2. The van der Waals surface area contributed by atoms with Crippen LogP contribution in [0.4, 0.5) is 0 Å². The molecule has 0 aliphatic carbocycles. The van der Waals surface area contributed by atoms with Gasteiger partial charge in [-0.25, -0.2) is 9.97 Å². The molecule has 1 aromatic carbocycles. The summed E-state index contributed by atoms with van der Waals surface area (Å²) in [6, 6.07) is 16.6. The Labute approximate surface area is 134 Å². The maximum Gasteiger partial charge on any atom is 0.110 e. The molecule has 23 heavy (non-hydrogen) atoms. The monoisotopic (exact) mass is 299 g/mol. The van der Waals surface area contributed by atoms with Gasteiger partial charge in [0, 0.05) is 11.6 Å². The lowest BCUT2D eigenvalue weighted by atomic mass is 10.1. The van der Waals surface area contributed by atoms with Crippen LogP contribution in [0.2, 0.25) is 0 Å². The van der Waals surface area contributed by atoms with E-state index in [-0.39, 0.29) is 0 Å². The lowest BCUT2D eigenvalue weighted by molar-refractivity contribution is 1.04. The highest BCUT2D eigenvalue weighted by Gasteiger charge is 2.04. The summed E-state index contributed by atoms with van der Waals surface area (Å²) in [5.41, 5.74) is 5.29. The Balaban J connectivity index is 1.74. The molecule has 0 unspecified atom stereocenters. The fourth-order valence-corrected chi connectivity index (χ4v) is 2.86. The number of aryl methyl sites for hydroxylation is 2. The molecule has 0 atom stereocenters. The number of nitrogens with zero attached hydrogens (tertiary/aromatic N) is 3. The second kappa shape index (κ2) is 5.36. The molecule has 0 saturated heterocycles. The second-order valence-corrected chi connectivity index (χ2v) is 5.77. The predicted molar refractivity (Wildman–Crippen MR) is 95.3 cm³/mol. The maximum absolute atomic E-state index is 4.70. The van der Waals surface area contributed by atoms with E-state index in [0.29, 0.717) is 0 Å². The van der Waals surface area contributed by atoms with Crippen LogP contribution in [-0.2, 0) is 0 Å². The van der Waals surface area contributed by atoms with Gasteiger partial charge in [-0.05, 0) is 56.3 Å². The van der Waals surface area contributed by atoms with E-state index in [2.05, 4.69) is 46.6 Å². The van der Waals surface area contributed by atoms with E-state index in [1.54, 1.807) is 0 Å². The first-order chi connectivity index (χ1) is 11.2. The minimum Gasteiger partial charge on any atom is -0.303 e. The van der Waals surface area contributed by atoms with Crippen molar-refractivity contribution in [2.24, 2.45) is 0 Å². The fourth-order valence-electron chi connectivity index (χ4n) is 2.86. The van der Waals surface area contributed by atoms with Gasteiger partial charge in [0.15, 0.2) is 0 Å². The molecule has 0 fully saturated rings. The summed E-state index contributed by atoms with van der Waals surface area (Å²) in [5.74, 6) is 0.988. The van der Waals surface area contributed by atoms with Crippen LogP contribution in [0.1, 0.15) is 22.8 Å². The van der Waals surface area contributed by atoms with Crippen LogP contribution in [0.25, 0.3) is 28.6 Å². The molecular weight excluding hydrogens is 282 g/mol. The number of imidazole rings is 1. The minimum absolute atomic E-state index is 0.941. The van der Waals surface area contributed by atoms with Crippen molar-refractivity contribution in [2.75, 3.05) is 0 Å². The van der Waals surface area contributed by atoms with Crippen molar-refractivity contribution >= 4 is 28.6 Å². The first-order valence-corrected chi connectivity index (χ1v) is 7.70. The smallest absolute Gasteiger partial charge is 0.110 e. The van der Waals surface area contributed by atoms with Gasteiger partial charge >= 0.3 is 0 Å². The Kier molecular flexibility index (Phi) is 3.19. The Morgan fingerprint density at radius 3 is 2.74 bits per heavy atom. The molecular formula is C20H17N3. The van der Waals surface area contributed by atoms with Crippen molar-refractivity contribution < 1.29 is 0 Å². The van der Waals surface area contributed by atoms with Crippen LogP contribution >= 0.6 is 0 Å². The number of hydrogen-bond acceptors (Lipinski definition) is 2. The van der Waals surface area contributed by atoms with E-state index in [1.165, 1.54) is 10.9 Å². The summed E-state index contributed by atoms with van der Waals surface area (Å²) in [6.07, 6.45) is 6.09. The van der Waals surface area contributed by atoms with E-state index in [0.717, 1.165) is 28.2 Å². The van der Waals surface area contributed by atoms with Gasteiger partial charge in [0.25, 0.3) is 0 Å². The van der Waals surface area contributed by atoms with Gasteiger partial charge in [0.1, 0.15) is 5.82 Å². The third-order valence-corrected chi connectivity index (χ3v) is 4.03. The third kappa shape index (κ3) is 2.50. The van der Waals surface area contributed by atoms with E-state index in [4.69, 9.17) is 4.98 Å². The van der Waals surface area contributed by atoms with Gasteiger partial charge in [-0.3, -0.25) is 0 Å². The third-order valence-electron chi connectivity index (χ3n) is 4.03. The summed E-state index contributed by atoms with van der Waals surface area (Å²) < 4.78 is 2.09. The summed E-state index contributed by atoms with van der Waals surface area (Å²) in [5, 5.41) is 1.17. The molecule has 0 bridgehead atoms. The Morgan fingerprint density at radius 1 is 0.913 bits per heavy atom. The predicted octanol–water partition coefficient (Wildman–Crippen LogP) is 4.67. The van der Waals surface area contributed by atoms with Crippen LogP contribution in [0.15, 0.2) is 54.7 Å². The lowest BCUT2D eigenvalue weighted by Crippen LogP contribution is -1.84. The highest BCUT2D eigenvalue weighted by atomic mass is 15.0. The molecule has 4 rings (SSSR count). The molecule has 0 amide bonds. The topological polar surface area (TPSA) is 30.2 Å². The number of benzene rings is 1. The number of rotatable bonds is 2. The maximum atomic E-state index is 4.70. The quantitative estimate of drug-likeness (QED) is 0.538. The van der Waals surface area contributed by atoms with Gasteiger partial charge in [-0.15, -0.1) is 0 Å². The standard InChI is InChI=1S/C20H17N3/c1-14-6-10-18-16(13-14)7-8-17(22-18)9-11-19-20-5-3-4-12-23(20)15(2)21-19/h3-13H,1-2H3/b11-9+. The van der Waals surface area contributed by atoms with E-state index in [1.807, 2.05) is 43.5 Å². The SMILES string of the molecule is Cc1ccc2nc(/C=C/c3nc(C)n4ccccc34)ccc2c1. The van der Waals surface area contributed by atoms with Crippen molar-refractivity contribution in [3.05, 3.63) is 77.5 Å². The summed E-state index contributed by atoms with van der Waals surface area (Å²) in [6.45, 7) is 4.11. The first kappa shape index (κ1) is 13.7. The Hall–Kier alpha value is -2.94. The highest BCUT2D eigenvalue weighted by Crippen LogP contribution is 2.18. The Morgan fingerprint density at radius 2 is 1.83 bits per heavy atom. The highest BCUT2D eigenvalue weighted by molar-refractivity contribution is 5.82. The molecule has 3 nitrogen and oxygen atoms in total. The summed E-state index contributed by atoms with van der Waals surface area (Å²) >= 11 is 0. The van der Waals surface area contributed by atoms with Crippen molar-refractivity contribution in [1.29, 1.82) is 0 Å². The molecule has 0 spiro atoms. The number of hydrogen-bond donors (Lipinski definition) is 0. The number of fused-ring (bicyclic) bond motifs is 2. The minimum atomic E-state index is 0.941. The largest absolute Gasteiger partial charge is 0.303 e. The van der Waals surface area contributed by atoms with Crippen LogP contribution < -0.4 is 0 Å². The van der Waals surface area contributed by atoms with Gasteiger partial charge in [0.2, 0.25) is 0 Å². The van der Waals surface area contributed by atoms with Crippen LogP contribution in [0.3, 0.4) is 0 Å². The van der Waals surface area contributed by atoms with E-state index < -0.39 is 0 Å². The second-order valence-electron chi connectivity index (χ2n) is 5.77. The molecule has 0 aliphatic rings. The molecule has 0 saturated carbocycles. The van der Waals surface area contributed by atoms with Gasteiger partial charge < -0.3 is 4.40 Å². The Bertz CT molecular complexity index is 1040. The molecule has 4 aromatic rings. The van der Waals surface area contributed by atoms with Crippen LogP contribution in [-0.4, -0.2) is 14.4 Å². The van der Waals surface area contributed by atoms with E-state index in [9.17, 15) is 0 Å². The van der Waals surface area contributed by atoms with Crippen molar-refractivity contribution in [3.8, 4) is 0 Å². The zero-order valence-electron chi connectivity index (χ0n) is 13.2. The molecule has 112 valence electrons. The molecule has 3 heteroatoms. The van der Waals surface area contributed by atoms with Gasteiger partial charge in [0.05, 0.1) is 22.4 Å². The molecule has 3 aromatic heterocycles. The average molecular weight is 299 g/mol. The summed E-state index contributed by atoms with van der Waals surface area (Å²) in [7, 11) is 0. The van der Waals surface area contributed by atoms with E-state index >= 15 is 0 Å². The molecule has 3 heterocycles. The molecule has 0 N–H and O–H groups in total. The van der Waals surface area contributed by atoms with Crippen molar-refractivity contribution in [2.45, 2.75) is 13.8 Å². The normalized spacial score (nSPS) is 11.7. The lowest BCUT2D eigenvalue weighted by Gasteiger charge is -2.00. The summed E-state index contributed by atoms with van der Waals surface area (Å²) in [4.78, 5) is 9.32. The first-order valence-electron chi connectivity index (χ1n) is 7.70. The van der Waals surface area contributed by atoms with Crippen LogP contribution in [0, 0.1) is 13.8 Å².